The Morgan fingerprint density at radius 3 is 2.83 bits per heavy atom. The molecule has 0 unspecified atom stereocenters. The zero-order valence-corrected chi connectivity index (χ0v) is 11.9. The number of halogens is 1. The molecule has 2 heterocycles. The molecule has 1 aromatic heterocycles. The zero-order chi connectivity index (χ0) is 12.5. The number of aromatic nitrogens is 2. The molecule has 5 nitrogen and oxygen atoms in total. The molecule has 18 heavy (non-hydrogen) atoms. The first-order valence-electron chi connectivity index (χ1n) is 5.88. The highest BCUT2D eigenvalue weighted by Crippen LogP contribution is 2.28. The van der Waals surface area contributed by atoms with Gasteiger partial charge in [0.25, 0.3) is 11.8 Å². The number of anilines is 2. The standard InChI is InChI=1S/C12H13IN4O/c13-8-3-4-10(14)9(7-8)11-15-12(16-18-11)17-5-1-2-6-17/h3-4,7H,1-2,5-6,14H2. The highest BCUT2D eigenvalue weighted by Gasteiger charge is 2.19. The normalized spacial score (nSPS) is 15.3. The van der Waals surface area contributed by atoms with Crippen LogP contribution in [0.15, 0.2) is 22.7 Å². The lowest BCUT2D eigenvalue weighted by Gasteiger charge is -2.09. The minimum Gasteiger partial charge on any atom is -0.398 e. The van der Waals surface area contributed by atoms with Gasteiger partial charge in [-0.1, -0.05) is 0 Å². The van der Waals surface area contributed by atoms with Gasteiger partial charge in [-0.2, -0.15) is 4.98 Å². The minimum absolute atomic E-state index is 0.493. The van der Waals surface area contributed by atoms with Gasteiger partial charge < -0.3 is 15.2 Å². The monoisotopic (exact) mass is 356 g/mol. The Kier molecular flexibility index (Phi) is 3.11. The van der Waals surface area contributed by atoms with Crippen LogP contribution in [0.2, 0.25) is 0 Å². The summed E-state index contributed by atoms with van der Waals surface area (Å²) in [5, 5.41) is 4.03. The number of nitrogen functional groups attached to an aromatic ring is 1. The molecule has 1 saturated heterocycles. The average Bonchev–Trinajstić information content (AvgIpc) is 3.00. The molecule has 0 bridgehead atoms. The fraction of sp³-hybridized carbons (Fsp3) is 0.333. The summed E-state index contributed by atoms with van der Waals surface area (Å²) < 4.78 is 6.41. The van der Waals surface area contributed by atoms with Gasteiger partial charge in [0.15, 0.2) is 0 Å². The van der Waals surface area contributed by atoms with Crippen LogP contribution in [0.4, 0.5) is 11.6 Å². The van der Waals surface area contributed by atoms with Crippen molar-refractivity contribution in [2.75, 3.05) is 23.7 Å². The second-order valence-corrected chi connectivity index (χ2v) is 5.57. The van der Waals surface area contributed by atoms with E-state index in [-0.39, 0.29) is 0 Å². The molecule has 6 heteroatoms. The van der Waals surface area contributed by atoms with E-state index in [1.165, 1.54) is 12.8 Å². The van der Waals surface area contributed by atoms with Gasteiger partial charge in [0.05, 0.1) is 5.56 Å². The Bertz CT molecular complexity index is 563. The molecule has 94 valence electrons. The minimum atomic E-state index is 0.493. The first kappa shape index (κ1) is 11.8. The van der Waals surface area contributed by atoms with Crippen molar-refractivity contribution in [2.24, 2.45) is 0 Å². The third-order valence-electron chi connectivity index (χ3n) is 3.05. The third kappa shape index (κ3) is 2.16. The number of benzene rings is 1. The van der Waals surface area contributed by atoms with Gasteiger partial charge in [-0.3, -0.25) is 0 Å². The summed E-state index contributed by atoms with van der Waals surface area (Å²) in [6, 6.07) is 5.77. The fourth-order valence-corrected chi connectivity index (χ4v) is 2.58. The number of rotatable bonds is 2. The van der Waals surface area contributed by atoms with E-state index < -0.39 is 0 Å². The van der Waals surface area contributed by atoms with Crippen LogP contribution >= 0.6 is 22.6 Å². The van der Waals surface area contributed by atoms with Crippen molar-refractivity contribution in [1.82, 2.24) is 10.1 Å². The van der Waals surface area contributed by atoms with E-state index in [1.807, 2.05) is 18.2 Å². The summed E-state index contributed by atoms with van der Waals surface area (Å²) in [6.45, 7) is 2.00. The first-order valence-corrected chi connectivity index (χ1v) is 6.96. The first-order chi connectivity index (χ1) is 8.74. The molecule has 0 spiro atoms. The molecule has 0 saturated carbocycles. The molecule has 1 aromatic carbocycles. The van der Waals surface area contributed by atoms with E-state index in [1.54, 1.807) is 0 Å². The van der Waals surface area contributed by atoms with E-state index in [2.05, 4.69) is 37.6 Å². The summed E-state index contributed by atoms with van der Waals surface area (Å²) in [6.07, 6.45) is 2.38. The Morgan fingerprint density at radius 2 is 2.06 bits per heavy atom. The van der Waals surface area contributed by atoms with E-state index >= 15 is 0 Å². The second-order valence-electron chi connectivity index (χ2n) is 4.33. The van der Waals surface area contributed by atoms with Crippen LogP contribution in [-0.4, -0.2) is 23.2 Å². The predicted molar refractivity (Wildman–Crippen MR) is 78.3 cm³/mol. The molecule has 0 amide bonds. The van der Waals surface area contributed by atoms with Gasteiger partial charge in [-0.05, 0) is 58.8 Å². The molecular weight excluding hydrogens is 343 g/mol. The van der Waals surface area contributed by atoms with Gasteiger partial charge in [-0.15, -0.1) is 0 Å². The lowest BCUT2D eigenvalue weighted by atomic mass is 10.2. The van der Waals surface area contributed by atoms with Crippen molar-refractivity contribution >= 4 is 34.2 Å². The molecular formula is C12H13IN4O. The second kappa shape index (κ2) is 4.75. The number of hydrogen-bond donors (Lipinski definition) is 1. The maximum absolute atomic E-state index is 5.94. The lowest BCUT2D eigenvalue weighted by Crippen LogP contribution is -2.18. The summed E-state index contributed by atoms with van der Waals surface area (Å²) in [5.41, 5.74) is 7.40. The van der Waals surface area contributed by atoms with Crippen LogP contribution in [0.1, 0.15) is 12.8 Å². The molecule has 1 fully saturated rings. The maximum atomic E-state index is 5.94. The predicted octanol–water partition coefficient (Wildman–Crippen LogP) is 2.52. The zero-order valence-electron chi connectivity index (χ0n) is 9.77. The van der Waals surface area contributed by atoms with Crippen molar-refractivity contribution in [3.05, 3.63) is 21.8 Å². The van der Waals surface area contributed by atoms with Crippen molar-refractivity contribution < 1.29 is 4.52 Å². The van der Waals surface area contributed by atoms with E-state index in [0.717, 1.165) is 22.2 Å². The quantitative estimate of drug-likeness (QED) is 0.662. The van der Waals surface area contributed by atoms with Crippen molar-refractivity contribution in [3.8, 4) is 11.5 Å². The van der Waals surface area contributed by atoms with Gasteiger partial charge in [0.1, 0.15) is 0 Å². The molecule has 1 aliphatic rings. The SMILES string of the molecule is Nc1ccc(I)cc1-c1nc(N2CCCC2)no1. The smallest absolute Gasteiger partial charge is 0.266 e. The average molecular weight is 356 g/mol. The van der Waals surface area contributed by atoms with Crippen molar-refractivity contribution in [1.29, 1.82) is 0 Å². The lowest BCUT2D eigenvalue weighted by molar-refractivity contribution is 0.430. The van der Waals surface area contributed by atoms with E-state index in [9.17, 15) is 0 Å². The Morgan fingerprint density at radius 1 is 1.28 bits per heavy atom. The number of hydrogen-bond acceptors (Lipinski definition) is 5. The molecule has 2 aromatic rings. The largest absolute Gasteiger partial charge is 0.398 e. The van der Waals surface area contributed by atoms with Crippen LogP contribution in [0.5, 0.6) is 0 Å². The van der Waals surface area contributed by atoms with Gasteiger partial charge in [0.2, 0.25) is 0 Å². The van der Waals surface area contributed by atoms with Crippen LogP contribution in [-0.2, 0) is 0 Å². The Hall–Kier alpha value is -1.31. The summed E-state index contributed by atoms with van der Waals surface area (Å²) >= 11 is 2.24. The van der Waals surface area contributed by atoms with E-state index in [0.29, 0.717) is 17.5 Å². The Labute approximate surface area is 118 Å². The van der Waals surface area contributed by atoms with E-state index in [4.69, 9.17) is 10.3 Å². The van der Waals surface area contributed by atoms with Crippen LogP contribution in [0.3, 0.4) is 0 Å². The number of nitrogens with two attached hydrogens (primary N) is 1. The van der Waals surface area contributed by atoms with Crippen LogP contribution < -0.4 is 10.6 Å². The molecule has 1 aliphatic heterocycles. The van der Waals surface area contributed by atoms with Gasteiger partial charge in [-0.25, -0.2) is 0 Å². The number of nitrogens with zero attached hydrogens (tertiary/aromatic N) is 3. The highest BCUT2D eigenvalue weighted by atomic mass is 127. The van der Waals surface area contributed by atoms with Gasteiger partial charge >= 0.3 is 0 Å². The third-order valence-corrected chi connectivity index (χ3v) is 3.72. The highest BCUT2D eigenvalue weighted by molar-refractivity contribution is 14.1. The summed E-state index contributed by atoms with van der Waals surface area (Å²) in [4.78, 5) is 6.57. The molecule has 0 radical (unpaired) electrons. The molecule has 2 N–H and O–H groups in total. The summed E-state index contributed by atoms with van der Waals surface area (Å²) in [7, 11) is 0. The topological polar surface area (TPSA) is 68.2 Å². The van der Waals surface area contributed by atoms with Crippen molar-refractivity contribution in [3.63, 3.8) is 0 Å². The van der Waals surface area contributed by atoms with Crippen molar-refractivity contribution in [2.45, 2.75) is 12.8 Å². The molecule has 0 atom stereocenters. The van der Waals surface area contributed by atoms with Crippen LogP contribution in [0.25, 0.3) is 11.5 Å². The summed E-state index contributed by atoms with van der Waals surface area (Å²) in [5.74, 6) is 1.16. The molecule has 3 rings (SSSR count). The van der Waals surface area contributed by atoms with Gasteiger partial charge in [0, 0.05) is 22.3 Å². The van der Waals surface area contributed by atoms with Crippen LogP contribution in [0, 0.1) is 3.57 Å². The maximum Gasteiger partial charge on any atom is 0.266 e. The Balaban J connectivity index is 1.94. The molecule has 0 aliphatic carbocycles. The fourth-order valence-electron chi connectivity index (χ4n) is 2.08.